The molecule has 0 aliphatic rings. The second kappa shape index (κ2) is 10.4. The van der Waals surface area contributed by atoms with Crippen LogP contribution in [0.2, 0.25) is 5.02 Å². The van der Waals surface area contributed by atoms with Crippen molar-refractivity contribution in [3.05, 3.63) is 58.6 Å². The second-order valence-electron chi connectivity index (χ2n) is 7.04. The van der Waals surface area contributed by atoms with Crippen molar-refractivity contribution in [2.75, 3.05) is 17.4 Å². The van der Waals surface area contributed by atoms with Gasteiger partial charge < -0.3 is 5.32 Å². The van der Waals surface area contributed by atoms with E-state index in [1.807, 2.05) is 6.92 Å². The van der Waals surface area contributed by atoms with Crippen molar-refractivity contribution in [1.29, 1.82) is 0 Å². The minimum absolute atomic E-state index is 0.139. The van der Waals surface area contributed by atoms with E-state index in [1.54, 1.807) is 19.1 Å². The predicted molar refractivity (Wildman–Crippen MR) is 115 cm³/mol. The van der Waals surface area contributed by atoms with E-state index in [1.165, 1.54) is 12.1 Å². The zero-order chi connectivity index (χ0) is 23.2. The molecule has 0 bridgehead atoms. The Balaban J connectivity index is 2.46. The molecule has 0 aliphatic carbocycles. The van der Waals surface area contributed by atoms with Crippen LogP contribution in [-0.4, -0.2) is 27.4 Å². The van der Waals surface area contributed by atoms with Gasteiger partial charge in [0.1, 0.15) is 6.54 Å². The van der Waals surface area contributed by atoms with Crippen molar-refractivity contribution < 1.29 is 26.4 Å². The summed E-state index contributed by atoms with van der Waals surface area (Å²) in [7, 11) is -4.31. The fraction of sp³-hybridized carbons (Fsp3) is 0.381. The van der Waals surface area contributed by atoms with Gasteiger partial charge in [-0.15, -0.1) is 0 Å². The molecule has 2 rings (SSSR count). The summed E-state index contributed by atoms with van der Waals surface area (Å²) in [6.07, 6.45) is -2.24. The largest absolute Gasteiger partial charge is 0.417 e. The number of hydrogen-bond acceptors (Lipinski definition) is 3. The van der Waals surface area contributed by atoms with Crippen LogP contribution in [0.5, 0.6) is 0 Å². The first-order valence-electron chi connectivity index (χ1n) is 9.69. The van der Waals surface area contributed by atoms with Gasteiger partial charge in [0, 0.05) is 6.54 Å². The molecule has 0 heterocycles. The number of halogens is 4. The number of alkyl halides is 3. The maximum absolute atomic E-state index is 13.3. The van der Waals surface area contributed by atoms with Crippen LogP contribution in [0.4, 0.5) is 18.9 Å². The molecule has 5 nitrogen and oxygen atoms in total. The Labute approximate surface area is 185 Å². The SMILES string of the molecule is CCCCCNC(=O)CN(c1ccc(Cl)c(C(F)(F)F)c1)S(=O)(=O)c1ccc(C)cc1. The van der Waals surface area contributed by atoms with Crippen LogP contribution in [0.3, 0.4) is 0 Å². The lowest BCUT2D eigenvalue weighted by Gasteiger charge is -2.25. The highest BCUT2D eigenvalue weighted by Crippen LogP contribution is 2.38. The number of carbonyl (C=O) groups excluding carboxylic acids is 1. The molecule has 170 valence electrons. The molecule has 31 heavy (non-hydrogen) atoms. The fourth-order valence-corrected chi connectivity index (χ4v) is 4.46. The number of unbranched alkanes of at least 4 members (excludes halogenated alkanes) is 2. The van der Waals surface area contributed by atoms with Gasteiger partial charge in [-0.3, -0.25) is 9.10 Å². The van der Waals surface area contributed by atoms with Gasteiger partial charge in [0.15, 0.2) is 0 Å². The predicted octanol–water partition coefficient (Wildman–Crippen LogP) is 5.17. The molecule has 0 saturated heterocycles. The third-order valence-electron chi connectivity index (χ3n) is 4.54. The molecule has 0 unspecified atom stereocenters. The normalized spacial score (nSPS) is 11.9. The van der Waals surface area contributed by atoms with Crippen LogP contribution in [0.25, 0.3) is 0 Å². The van der Waals surface area contributed by atoms with Crippen molar-refractivity contribution >= 4 is 33.2 Å². The van der Waals surface area contributed by atoms with Gasteiger partial charge >= 0.3 is 6.18 Å². The first kappa shape index (κ1) is 25.0. The number of anilines is 1. The molecule has 0 atom stereocenters. The van der Waals surface area contributed by atoms with E-state index < -0.39 is 39.2 Å². The molecule has 2 aromatic rings. The van der Waals surface area contributed by atoms with Crippen molar-refractivity contribution in [3.63, 3.8) is 0 Å². The van der Waals surface area contributed by atoms with Crippen molar-refractivity contribution in [1.82, 2.24) is 5.32 Å². The molecule has 0 aliphatic heterocycles. The van der Waals surface area contributed by atoms with E-state index in [0.29, 0.717) is 23.3 Å². The molecule has 10 heteroatoms. The summed E-state index contributed by atoms with van der Waals surface area (Å²) in [5.41, 5.74) is -0.676. The van der Waals surface area contributed by atoms with Gasteiger partial charge in [0.05, 0.1) is 21.2 Å². The van der Waals surface area contributed by atoms with Crippen LogP contribution in [0, 0.1) is 6.92 Å². The number of hydrogen-bond donors (Lipinski definition) is 1. The van der Waals surface area contributed by atoms with Crippen LogP contribution in [-0.2, 0) is 21.0 Å². The number of carbonyl (C=O) groups is 1. The quantitative estimate of drug-likeness (QED) is 0.508. The van der Waals surface area contributed by atoms with Crippen LogP contribution in [0.15, 0.2) is 47.4 Å². The summed E-state index contributed by atoms with van der Waals surface area (Å²) in [5, 5.41) is 2.05. The molecule has 1 N–H and O–H groups in total. The molecule has 0 fully saturated rings. The molecule has 2 aromatic carbocycles. The van der Waals surface area contributed by atoms with Crippen LogP contribution >= 0.6 is 11.6 Å². The van der Waals surface area contributed by atoms with E-state index in [-0.39, 0.29) is 10.6 Å². The maximum Gasteiger partial charge on any atom is 0.417 e. The monoisotopic (exact) mass is 476 g/mol. The standard InChI is InChI=1S/C21H24ClF3N2O3S/c1-3-4-5-12-26-20(28)14-27(31(29,30)17-9-6-15(2)7-10-17)16-8-11-19(22)18(13-16)21(23,24)25/h6-11,13H,3-5,12,14H2,1-2H3,(H,26,28). The van der Waals surface area contributed by atoms with Gasteiger partial charge in [-0.1, -0.05) is 49.1 Å². The number of nitrogens with one attached hydrogen (secondary N) is 1. The van der Waals surface area contributed by atoms with Crippen LogP contribution < -0.4 is 9.62 Å². The Bertz CT molecular complexity index is 1010. The Morgan fingerprint density at radius 3 is 2.32 bits per heavy atom. The van der Waals surface area contributed by atoms with Crippen molar-refractivity contribution in [2.24, 2.45) is 0 Å². The lowest BCUT2D eigenvalue weighted by atomic mass is 10.2. The highest BCUT2D eigenvalue weighted by atomic mass is 35.5. The van der Waals surface area contributed by atoms with E-state index in [9.17, 15) is 26.4 Å². The summed E-state index contributed by atoms with van der Waals surface area (Å²) < 4.78 is 67.1. The van der Waals surface area contributed by atoms with Crippen molar-refractivity contribution in [3.8, 4) is 0 Å². The minimum Gasteiger partial charge on any atom is -0.355 e. The Hall–Kier alpha value is -2.26. The summed E-state index contributed by atoms with van der Waals surface area (Å²) in [6.45, 7) is 3.45. The molecular formula is C21H24ClF3N2O3S. The van der Waals surface area contributed by atoms with Gasteiger partial charge in [-0.2, -0.15) is 13.2 Å². The van der Waals surface area contributed by atoms with E-state index in [2.05, 4.69) is 5.32 Å². The molecule has 1 amide bonds. The van der Waals surface area contributed by atoms with Crippen LogP contribution in [0.1, 0.15) is 37.3 Å². The number of nitrogens with zero attached hydrogens (tertiary/aromatic N) is 1. The Morgan fingerprint density at radius 2 is 1.74 bits per heavy atom. The summed E-state index contributed by atoms with van der Waals surface area (Å²) in [6, 6.07) is 8.58. The third-order valence-corrected chi connectivity index (χ3v) is 6.66. The number of sulfonamides is 1. The Kier molecular flexibility index (Phi) is 8.36. The molecule has 0 radical (unpaired) electrons. The topological polar surface area (TPSA) is 66.5 Å². The van der Waals surface area contributed by atoms with Gasteiger partial charge in [-0.05, 0) is 43.7 Å². The smallest absolute Gasteiger partial charge is 0.355 e. The average Bonchev–Trinajstić information content (AvgIpc) is 2.69. The average molecular weight is 477 g/mol. The lowest BCUT2D eigenvalue weighted by molar-refractivity contribution is -0.137. The van der Waals surface area contributed by atoms with E-state index in [4.69, 9.17) is 11.6 Å². The zero-order valence-electron chi connectivity index (χ0n) is 17.2. The fourth-order valence-electron chi connectivity index (χ4n) is 2.83. The minimum atomic E-state index is -4.78. The molecule has 0 aromatic heterocycles. The molecule has 0 saturated carbocycles. The summed E-state index contributed by atoms with van der Waals surface area (Å²) >= 11 is 5.67. The first-order valence-corrected chi connectivity index (χ1v) is 11.5. The van der Waals surface area contributed by atoms with Gasteiger partial charge in [0.2, 0.25) is 5.91 Å². The second-order valence-corrected chi connectivity index (χ2v) is 9.31. The first-order chi connectivity index (χ1) is 14.5. The zero-order valence-corrected chi connectivity index (χ0v) is 18.7. The highest BCUT2D eigenvalue weighted by molar-refractivity contribution is 7.92. The van der Waals surface area contributed by atoms with E-state index >= 15 is 0 Å². The number of aryl methyl sites for hydroxylation is 1. The van der Waals surface area contributed by atoms with Gasteiger partial charge in [0.25, 0.3) is 10.0 Å². The number of benzene rings is 2. The van der Waals surface area contributed by atoms with Crippen molar-refractivity contribution in [2.45, 2.75) is 44.2 Å². The lowest BCUT2D eigenvalue weighted by Crippen LogP contribution is -2.41. The van der Waals surface area contributed by atoms with E-state index in [0.717, 1.165) is 30.5 Å². The third kappa shape index (κ3) is 6.61. The molecular weight excluding hydrogens is 453 g/mol. The van der Waals surface area contributed by atoms with Gasteiger partial charge in [-0.25, -0.2) is 8.42 Å². The Morgan fingerprint density at radius 1 is 1.10 bits per heavy atom. The molecule has 0 spiro atoms. The highest BCUT2D eigenvalue weighted by Gasteiger charge is 2.35. The number of amides is 1. The summed E-state index contributed by atoms with van der Waals surface area (Å²) in [5.74, 6) is -0.615. The maximum atomic E-state index is 13.3. The number of rotatable bonds is 9. The summed E-state index contributed by atoms with van der Waals surface area (Å²) in [4.78, 5) is 12.3.